The van der Waals surface area contributed by atoms with Gasteiger partial charge in [-0.25, -0.2) is 0 Å². The van der Waals surface area contributed by atoms with Crippen LogP contribution in [0.25, 0.3) is 0 Å². The summed E-state index contributed by atoms with van der Waals surface area (Å²) in [5.74, 6) is 0. The van der Waals surface area contributed by atoms with E-state index in [-0.39, 0.29) is 71.9 Å². The SMILES string of the molecule is [Ba+2].[Mg+2].[O-][Cl+][O-].[O-][Cl+][O-]. The van der Waals surface area contributed by atoms with Crippen molar-refractivity contribution in [3.8, 4) is 0 Å². The van der Waals surface area contributed by atoms with Gasteiger partial charge in [-0.05, 0) is 0 Å². The van der Waals surface area contributed by atoms with Crippen molar-refractivity contribution in [2.75, 3.05) is 0 Å². The number of hydrogen-bond acceptors (Lipinski definition) is 4. The van der Waals surface area contributed by atoms with Gasteiger partial charge in [-0.1, -0.05) is 0 Å². The standard InChI is InChI=1S/Ba.2ClO2.Mg/c;2*2-1-3;/q+2;2*-1;+2. The van der Waals surface area contributed by atoms with Crippen LogP contribution in [-0.4, -0.2) is 71.9 Å². The first kappa shape index (κ1) is 22.4. The van der Waals surface area contributed by atoms with Gasteiger partial charge in [-0.3, -0.25) is 0 Å². The molecule has 0 aliphatic rings. The Kier molecular flexibility index (Phi) is 92.7. The molecule has 0 aliphatic carbocycles. The fourth-order valence-corrected chi connectivity index (χ4v) is 0. The molecule has 0 spiro atoms. The van der Waals surface area contributed by atoms with Crippen LogP contribution in [0.3, 0.4) is 0 Å². The van der Waals surface area contributed by atoms with E-state index in [0.29, 0.717) is 0 Å². The van der Waals surface area contributed by atoms with Crippen LogP contribution in [0.15, 0.2) is 0 Å². The van der Waals surface area contributed by atoms with Crippen LogP contribution in [0.1, 0.15) is 0 Å². The molecule has 0 heterocycles. The van der Waals surface area contributed by atoms with Crippen molar-refractivity contribution in [3.63, 3.8) is 0 Å². The molecule has 0 rings (SSSR count). The molecule has 0 aromatic carbocycles. The van der Waals surface area contributed by atoms with Gasteiger partial charge in [0.1, 0.15) is 0 Å². The summed E-state index contributed by atoms with van der Waals surface area (Å²) in [6.07, 6.45) is 0. The molecule has 0 saturated carbocycles. The maximum atomic E-state index is 8.24. The second-order valence-corrected chi connectivity index (χ2v) is 0.378. The van der Waals surface area contributed by atoms with Crippen LogP contribution in [0.2, 0.25) is 0 Å². The molecule has 0 unspecified atom stereocenters. The monoisotopic (exact) mass is 296 g/mol. The largest absolute Gasteiger partial charge is 2.00 e. The molecule has 8 heavy (non-hydrogen) atoms. The van der Waals surface area contributed by atoms with E-state index in [4.69, 9.17) is 18.6 Å². The molecule has 0 aromatic heterocycles. The van der Waals surface area contributed by atoms with Gasteiger partial charge in [0.15, 0.2) is 0 Å². The molecule has 0 bridgehead atoms. The summed E-state index contributed by atoms with van der Waals surface area (Å²) in [6, 6.07) is 0. The van der Waals surface area contributed by atoms with E-state index in [1.54, 1.807) is 0 Å². The van der Waals surface area contributed by atoms with Crippen molar-refractivity contribution in [2.45, 2.75) is 0 Å². The molecule has 40 valence electrons. The van der Waals surface area contributed by atoms with Crippen molar-refractivity contribution in [2.24, 2.45) is 0 Å². The summed E-state index contributed by atoms with van der Waals surface area (Å²) in [4.78, 5) is 0. The van der Waals surface area contributed by atoms with Gasteiger partial charge in [0.25, 0.3) is 0 Å². The van der Waals surface area contributed by atoms with Crippen molar-refractivity contribution >= 4 is 71.9 Å². The van der Waals surface area contributed by atoms with E-state index in [1.807, 2.05) is 0 Å². The molecule has 0 amide bonds. The normalized spacial score (nSPS) is 4.50. The third kappa shape index (κ3) is 69.3. The number of hydrogen-bond donors (Lipinski definition) is 0. The van der Waals surface area contributed by atoms with E-state index >= 15 is 0 Å². The second-order valence-electron chi connectivity index (χ2n) is 0.126. The zero-order chi connectivity index (χ0) is 5.41. The van der Waals surface area contributed by atoms with Gasteiger partial charge in [0.2, 0.25) is 0 Å². The first-order valence-corrected chi connectivity index (χ1v) is 1.85. The Morgan fingerprint density at radius 2 is 0.750 bits per heavy atom. The third-order valence-corrected chi connectivity index (χ3v) is 0. The fraction of sp³-hybridized carbons (Fsp3) is 0. The zero-order valence-electron chi connectivity index (χ0n) is 3.80. The molecular formula is BaCl2MgO4+2. The van der Waals surface area contributed by atoms with E-state index < -0.39 is 22.7 Å². The van der Waals surface area contributed by atoms with Crippen LogP contribution in [-0.2, 0) is 0 Å². The summed E-state index contributed by atoms with van der Waals surface area (Å²) in [7, 11) is 0. The molecule has 0 aliphatic heterocycles. The number of halogens is 2. The minimum absolute atomic E-state index is 0. The summed E-state index contributed by atoms with van der Waals surface area (Å²) in [5, 5.41) is 0. The molecule has 0 fully saturated rings. The predicted molar refractivity (Wildman–Crippen MR) is 11.5 cm³/mol. The fourth-order valence-electron chi connectivity index (χ4n) is 0. The summed E-state index contributed by atoms with van der Waals surface area (Å²) in [5.41, 5.74) is 0. The summed E-state index contributed by atoms with van der Waals surface area (Å²) >= 11 is -0.833. The minimum Gasteiger partial charge on any atom is -0.544 e. The van der Waals surface area contributed by atoms with Crippen molar-refractivity contribution < 1.29 is 41.3 Å². The second kappa shape index (κ2) is 33.1. The van der Waals surface area contributed by atoms with Gasteiger partial charge >= 0.3 is 71.9 Å². The van der Waals surface area contributed by atoms with Gasteiger partial charge in [0, 0.05) is 0 Å². The molecule has 0 aromatic rings. The quantitative estimate of drug-likeness (QED) is 0.417. The van der Waals surface area contributed by atoms with Crippen molar-refractivity contribution in [3.05, 3.63) is 0 Å². The Morgan fingerprint density at radius 3 is 0.750 bits per heavy atom. The average Bonchev–Trinajstić information content (AvgIpc) is 1.39. The van der Waals surface area contributed by atoms with Crippen molar-refractivity contribution in [1.82, 2.24) is 0 Å². The Morgan fingerprint density at radius 1 is 0.750 bits per heavy atom. The maximum Gasteiger partial charge on any atom is 2.00 e. The third-order valence-electron chi connectivity index (χ3n) is 0. The van der Waals surface area contributed by atoms with Gasteiger partial charge < -0.3 is 18.6 Å². The smallest absolute Gasteiger partial charge is 0.544 e. The van der Waals surface area contributed by atoms with E-state index in [0.717, 1.165) is 0 Å². The average molecular weight is 297 g/mol. The molecule has 0 atom stereocenters. The van der Waals surface area contributed by atoms with E-state index in [1.165, 1.54) is 0 Å². The van der Waals surface area contributed by atoms with Crippen LogP contribution in [0, 0.1) is 22.7 Å². The Labute approximate surface area is 111 Å². The van der Waals surface area contributed by atoms with Gasteiger partial charge in [-0.2, -0.15) is 0 Å². The molecular weight excluding hydrogens is 297 g/mol. The molecule has 0 N–H and O–H groups in total. The van der Waals surface area contributed by atoms with E-state index in [2.05, 4.69) is 0 Å². The molecule has 0 saturated heterocycles. The van der Waals surface area contributed by atoms with Crippen LogP contribution < -0.4 is 18.6 Å². The Hall–Kier alpha value is 2.76. The topological polar surface area (TPSA) is 92.2 Å². The van der Waals surface area contributed by atoms with Gasteiger partial charge in [-0.15, -0.1) is 0 Å². The molecule has 8 heteroatoms. The zero-order valence-corrected chi connectivity index (χ0v) is 11.2. The first-order valence-electron chi connectivity index (χ1n) is 0.617. The van der Waals surface area contributed by atoms with Gasteiger partial charge in [0.05, 0.1) is 22.7 Å². The minimum atomic E-state index is -0.417. The Balaban J connectivity index is -0.0000000160. The Bertz CT molecular complexity index is 16.0. The maximum absolute atomic E-state index is 8.24. The molecule has 0 radical (unpaired) electrons. The predicted octanol–water partition coefficient (Wildman–Crippen LogP) is -5.52. The van der Waals surface area contributed by atoms with Crippen LogP contribution in [0.4, 0.5) is 0 Å². The summed E-state index contributed by atoms with van der Waals surface area (Å²) < 4.78 is 32.9. The van der Waals surface area contributed by atoms with E-state index in [9.17, 15) is 0 Å². The molecule has 4 nitrogen and oxygen atoms in total. The first-order chi connectivity index (χ1) is 2.83. The van der Waals surface area contributed by atoms with Crippen LogP contribution in [0.5, 0.6) is 0 Å². The van der Waals surface area contributed by atoms with Crippen LogP contribution >= 0.6 is 0 Å². The summed E-state index contributed by atoms with van der Waals surface area (Å²) in [6.45, 7) is 0. The van der Waals surface area contributed by atoms with Crippen molar-refractivity contribution in [1.29, 1.82) is 0 Å². The number of rotatable bonds is 0.